The van der Waals surface area contributed by atoms with E-state index in [2.05, 4.69) is 10.1 Å². The molecule has 1 aromatic carbocycles. The van der Waals surface area contributed by atoms with Crippen LogP contribution in [0.4, 0.5) is 13.2 Å². The number of hydrogen-bond donors (Lipinski definition) is 0. The van der Waals surface area contributed by atoms with Crippen LogP contribution in [0.15, 0.2) is 33.7 Å². The number of hydrogen-bond acceptors (Lipinski definition) is 7. The second-order valence-electron chi connectivity index (χ2n) is 6.69. The Morgan fingerprint density at radius 1 is 1.23 bits per heavy atom. The quantitative estimate of drug-likeness (QED) is 0.256. The Hall–Kier alpha value is -1.48. The van der Waals surface area contributed by atoms with E-state index in [9.17, 15) is 18.0 Å². The third-order valence-electron chi connectivity index (χ3n) is 4.61. The maximum absolute atomic E-state index is 12.5. The zero-order chi connectivity index (χ0) is 21.8. The molecular weight excluding hydrogens is 440 g/mol. The largest absolute Gasteiger partial charge is 0.446 e. The number of carbonyl (C=O) groups is 1. The number of aldehydes is 1. The van der Waals surface area contributed by atoms with E-state index in [1.165, 1.54) is 12.1 Å². The summed E-state index contributed by atoms with van der Waals surface area (Å²) in [4.78, 5) is 16.2. The third kappa shape index (κ3) is 5.60. The first-order valence-corrected chi connectivity index (χ1v) is 11.6. The van der Waals surface area contributed by atoms with Gasteiger partial charge in [0.1, 0.15) is 6.29 Å². The van der Waals surface area contributed by atoms with Gasteiger partial charge in [0.25, 0.3) is 0 Å². The van der Waals surface area contributed by atoms with Crippen LogP contribution in [0.2, 0.25) is 0 Å². The lowest BCUT2D eigenvalue weighted by Crippen LogP contribution is -2.15. The summed E-state index contributed by atoms with van der Waals surface area (Å²) in [6.07, 6.45) is 2.54. The van der Waals surface area contributed by atoms with E-state index in [-0.39, 0.29) is 23.1 Å². The molecule has 11 heteroatoms. The molecule has 0 aliphatic heterocycles. The van der Waals surface area contributed by atoms with Gasteiger partial charge in [0.2, 0.25) is 5.89 Å². The van der Waals surface area contributed by atoms with Crippen molar-refractivity contribution in [2.24, 2.45) is 0 Å². The number of nitrogens with zero attached hydrogens (tertiary/aromatic N) is 2. The Morgan fingerprint density at radius 2 is 1.87 bits per heavy atom. The molecule has 30 heavy (non-hydrogen) atoms. The van der Waals surface area contributed by atoms with Crippen LogP contribution in [-0.4, -0.2) is 40.8 Å². The lowest BCUT2D eigenvalue weighted by Gasteiger charge is -2.20. The van der Waals surface area contributed by atoms with Crippen LogP contribution < -0.4 is 0 Å². The minimum atomic E-state index is -4.32. The number of benzene rings is 1. The molecule has 6 nitrogen and oxygen atoms in total. The molecule has 1 atom stereocenters. The highest BCUT2D eigenvalue weighted by atomic mass is 32.2. The van der Waals surface area contributed by atoms with Gasteiger partial charge in [0, 0.05) is 11.3 Å². The third-order valence-corrected chi connectivity index (χ3v) is 7.22. The maximum atomic E-state index is 12.5. The predicted molar refractivity (Wildman–Crippen MR) is 106 cm³/mol. The van der Waals surface area contributed by atoms with Crippen LogP contribution in [0, 0.1) is 0 Å². The van der Waals surface area contributed by atoms with E-state index >= 15 is 0 Å². The second kappa shape index (κ2) is 9.77. The van der Waals surface area contributed by atoms with Gasteiger partial charge < -0.3 is 18.4 Å². The summed E-state index contributed by atoms with van der Waals surface area (Å²) in [7, 11) is -1.40. The van der Waals surface area contributed by atoms with Gasteiger partial charge in [0.05, 0.1) is 24.3 Å². The van der Waals surface area contributed by atoms with Crippen molar-refractivity contribution in [1.82, 2.24) is 10.1 Å². The summed E-state index contributed by atoms with van der Waals surface area (Å²) < 4.78 is 54.1. The molecule has 0 spiro atoms. The van der Waals surface area contributed by atoms with Crippen molar-refractivity contribution < 1.29 is 31.5 Å². The van der Waals surface area contributed by atoms with Gasteiger partial charge in [-0.1, -0.05) is 17.3 Å². The molecule has 1 saturated carbocycles. The number of alkyl halides is 3. The summed E-state index contributed by atoms with van der Waals surface area (Å²) in [5.74, 6) is 0.792. The maximum Gasteiger partial charge on any atom is 0.446 e. The van der Waals surface area contributed by atoms with Crippen LogP contribution in [0.5, 0.6) is 0 Å². The van der Waals surface area contributed by atoms with E-state index < -0.39 is 25.0 Å². The number of rotatable bonds is 11. The van der Waals surface area contributed by atoms with Gasteiger partial charge in [-0.2, -0.15) is 18.2 Å². The molecule has 0 amide bonds. The van der Waals surface area contributed by atoms with Crippen LogP contribution in [0.1, 0.15) is 44.0 Å². The van der Waals surface area contributed by atoms with Crippen LogP contribution in [-0.2, 0) is 25.7 Å². The number of thioether (sulfide) groups is 1. The zero-order valence-corrected chi connectivity index (χ0v) is 18.2. The average molecular weight is 462 g/mol. The Labute approximate surface area is 177 Å². The van der Waals surface area contributed by atoms with Crippen LogP contribution >= 0.6 is 20.1 Å². The van der Waals surface area contributed by atoms with Crippen LogP contribution in [0.3, 0.4) is 0 Å². The highest BCUT2D eigenvalue weighted by Gasteiger charge is 2.50. The standard InChI is InChI=1S/C19H22F3N2O4PS/c1-3-26-29(27-4-2)14(12-25)11-16-23-17(24-28-16)18(9-10-18)13-5-7-15(8-6-13)30-19(20,21)22/h5-8,12,14H,3-4,9-11H2,1-2H3. The first-order chi connectivity index (χ1) is 14.3. The first kappa shape index (κ1) is 23.2. The minimum absolute atomic E-state index is 0.130. The van der Waals surface area contributed by atoms with E-state index in [0.29, 0.717) is 24.9 Å². The predicted octanol–water partition coefficient (Wildman–Crippen LogP) is 5.26. The van der Waals surface area contributed by atoms with Gasteiger partial charge in [-0.25, -0.2) is 0 Å². The van der Waals surface area contributed by atoms with E-state index in [4.69, 9.17) is 13.6 Å². The fourth-order valence-corrected chi connectivity index (χ4v) is 5.02. The van der Waals surface area contributed by atoms with Crippen molar-refractivity contribution in [2.45, 2.75) is 54.6 Å². The normalized spacial score (nSPS) is 16.6. The van der Waals surface area contributed by atoms with Crippen molar-refractivity contribution in [3.8, 4) is 0 Å². The fourth-order valence-electron chi connectivity index (χ4n) is 3.11. The smallest absolute Gasteiger partial charge is 0.339 e. The molecule has 1 unspecified atom stereocenters. The molecule has 164 valence electrons. The summed E-state index contributed by atoms with van der Waals surface area (Å²) in [5.41, 5.74) is -4.45. The number of halogens is 3. The van der Waals surface area contributed by atoms with E-state index in [1.807, 2.05) is 13.8 Å². The Balaban J connectivity index is 1.72. The molecule has 1 aliphatic carbocycles. The average Bonchev–Trinajstić information content (AvgIpc) is 3.37. The molecule has 2 aromatic rings. The van der Waals surface area contributed by atoms with Gasteiger partial charge >= 0.3 is 5.51 Å². The molecule has 1 fully saturated rings. The monoisotopic (exact) mass is 462 g/mol. The summed E-state index contributed by atoms with van der Waals surface area (Å²) in [5, 5.41) is 4.09. The van der Waals surface area contributed by atoms with Crippen molar-refractivity contribution in [1.29, 1.82) is 0 Å². The zero-order valence-electron chi connectivity index (χ0n) is 16.5. The lowest BCUT2D eigenvalue weighted by atomic mass is 9.95. The molecule has 1 aromatic heterocycles. The Bertz CT molecular complexity index is 837. The van der Waals surface area contributed by atoms with E-state index in [1.54, 1.807) is 12.1 Å². The molecule has 0 bridgehead atoms. The highest BCUT2D eigenvalue weighted by Crippen LogP contribution is 2.53. The summed E-state index contributed by atoms with van der Waals surface area (Å²) in [6, 6.07) is 6.26. The topological polar surface area (TPSA) is 74.5 Å². The van der Waals surface area contributed by atoms with Crippen LogP contribution in [0.25, 0.3) is 0 Å². The molecule has 3 rings (SSSR count). The van der Waals surface area contributed by atoms with Crippen molar-refractivity contribution >= 4 is 26.4 Å². The number of aromatic nitrogens is 2. The SMILES string of the molecule is CCOP(OCC)C(C=O)Cc1nc(C2(c3ccc(SC(F)(F)F)cc3)CC2)no1. The van der Waals surface area contributed by atoms with Crippen molar-refractivity contribution in [2.75, 3.05) is 13.2 Å². The highest BCUT2D eigenvalue weighted by molar-refractivity contribution is 8.00. The summed E-state index contributed by atoms with van der Waals surface area (Å²) in [6.45, 7) is 4.51. The molecule has 1 aliphatic rings. The first-order valence-electron chi connectivity index (χ1n) is 9.51. The number of carbonyl (C=O) groups excluding carboxylic acids is 1. The van der Waals surface area contributed by atoms with Gasteiger partial charge in [-0.15, -0.1) is 0 Å². The van der Waals surface area contributed by atoms with Crippen molar-refractivity contribution in [3.63, 3.8) is 0 Å². The van der Waals surface area contributed by atoms with Gasteiger partial charge in [0.15, 0.2) is 14.2 Å². The molecule has 0 N–H and O–H groups in total. The Morgan fingerprint density at radius 3 is 2.37 bits per heavy atom. The van der Waals surface area contributed by atoms with Gasteiger partial charge in [-0.05, 0) is 56.1 Å². The fraction of sp³-hybridized carbons (Fsp3) is 0.526. The van der Waals surface area contributed by atoms with E-state index in [0.717, 1.165) is 24.7 Å². The second-order valence-corrected chi connectivity index (χ2v) is 9.58. The molecular formula is C19H22F3N2O4PS. The molecule has 0 radical (unpaired) electrons. The van der Waals surface area contributed by atoms with Gasteiger partial charge in [-0.3, -0.25) is 0 Å². The van der Waals surface area contributed by atoms with Crippen molar-refractivity contribution in [3.05, 3.63) is 41.5 Å². The minimum Gasteiger partial charge on any atom is -0.339 e. The molecule has 0 saturated heterocycles. The Kier molecular flexibility index (Phi) is 7.55. The summed E-state index contributed by atoms with van der Waals surface area (Å²) >= 11 is -0.144. The molecule has 1 heterocycles. The lowest BCUT2D eigenvalue weighted by molar-refractivity contribution is -0.107.